The highest BCUT2D eigenvalue weighted by Gasteiger charge is 2.32. The molecular formula is C15H20N4O. The number of ether oxygens (including phenoxy) is 1. The second-order valence-electron chi connectivity index (χ2n) is 5.86. The van der Waals surface area contributed by atoms with Crippen molar-refractivity contribution in [1.82, 2.24) is 15.3 Å². The first-order valence-electron chi connectivity index (χ1n) is 7.34. The molecule has 2 N–H and O–H groups in total. The Balaban J connectivity index is 1.82. The highest BCUT2D eigenvalue weighted by molar-refractivity contribution is 5.92. The molecule has 0 aromatic carbocycles. The molecule has 0 saturated carbocycles. The van der Waals surface area contributed by atoms with Gasteiger partial charge in [-0.3, -0.25) is 0 Å². The van der Waals surface area contributed by atoms with Crippen molar-refractivity contribution in [3.8, 4) is 0 Å². The molecule has 106 valence electrons. The van der Waals surface area contributed by atoms with Crippen molar-refractivity contribution in [2.24, 2.45) is 5.92 Å². The summed E-state index contributed by atoms with van der Waals surface area (Å²) < 4.78 is 5.78. The van der Waals surface area contributed by atoms with Crippen molar-refractivity contribution in [3.05, 3.63) is 24.0 Å². The molecule has 2 aromatic rings. The number of hydrogen-bond acceptors (Lipinski definition) is 4. The van der Waals surface area contributed by atoms with Gasteiger partial charge < -0.3 is 19.9 Å². The molecule has 0 radical (unpaired) electrons. The lowest BCUT2D eigenvalue weighted by molar-refractivity contribution is 0.0964. The largest absolute Gasteiger partial charge is 0.356 e. The maximum Gasteiger partial charge on any atom is 0.139 e. The SMILES string of the molecule is C[C@@H]1CCNCC1N1COCc2cnc3[nH]ccc3c21. The highest BCUT2D eigenvalue weighted by Crippen LogP contribution is 2.35. The van der Waals surface area contributed by atoms with Gasteiger partial charge in [0.05, 0.1) is 12.3 Å². The van der Waals surface area contributed by atoms with Crippen molar-refractivity contribution in [1.29, 1.82) is 0 Å². The zero-order chi connectivity index (χ0) is 13.5. The number of aromatic nitrogens is 2. The van der Waals surface area contributed by atoms with E-state index < -0.39 is 0 Å². The van der Waals surface area contributed by atoms with Crippen molar-refractivity contribution in [2.75, 3.05) is 24.7 Å². The second kappa shape index (κ2) is 4.75. The number of aromatic amines is 1. The van der Waals surface area contributed by atoms with Gasteiger partial charge in [0.15, 0.2) is 0 Å². The van der Waals surface area contributed by atoms with Crippen LogP contribution in [0.3, 0.4) is 0 Å². The van der Waals surface area contributed by atoms with Crippen LogP contribution >= 0.6 is 0 Å². The van der Waals surface area contributed by atoms with Gasteiger partial charge >= 0.3 is 0 Å². The fourth-order valence-electron chi connectivity index (χ4n) is 3.45. The Kier molecular flexibility index (Phi) is 2.89. The number of nitrogens with zero attached hydrogens (tertiary/aromatic N) is 2. The average molecular weight is 272 g/mol. The molecule has 2 aromatic heterocycles. The predicted octanol–water partition coefficient (Wildman–Crippen LogP) is 1.85. The van der Waals surface area contributed by atoms with Gasteiger partial charge in [-0.25, -0.2) is 4.98 Å². The van der Waals surface area contributed by atoms with Crippen molar-refractivity contribution in [3.63, 3.8) is 0 Å². The molecule has 20 heavy (non-hydrogen) atoms. The van der Waals surface area contributed by atoms with Gasteiger partial charge in [0, 0.05) is 35.9 Å². The summed E-state index contributed by atoms with van der Waals surface area (Å²) >= 11 is 0. The van der Waals surface area contributed by atoms with Crippen LogP contribution in [0.4, 0.5) is 5.69 Å². The Labute approximate surface area is 118 Å². The van der Waals surface area contributed by atoms with E-state index >= 15 is 0 Å². The summed E-state index contributed by atoms with van der Waals surface area (Å²) in [6, 6.07) is 2.61. The molecule has 1 saturated heterocycles. The van der Waals surface area contributed by atoms with Gasteiger partial charge in [0.1, 0.15) is 12.4 Å². The lowest BCUT2D eigenvalue weighted by Gasteiger charge is -2.42. The van der Waals surface area contributed by atoms with Gasteiger partial charge in [-0.05, 0) is 24.9 Å². The van der Waals surface area contributed by atoms with Gasteiger partial charge in [-0.15, -0.1) is 0 Å². The van der Waals surface area contributed by atoms with E-state index in [4.69, 9.17) is 4.74 Å². The number of anilines is 1. The van der Waals surface area contributed by atoms with E-state index in [-0.39, 0.29) is 0 Å². The molecule has 1 unspecified atom stereocenters. The van der Waals surface area contributed by atoms with Crippen LogP contribution in [0.2, 0.25) is 0 Å². The van der Waals surface area contributed by atoms with Crippen molar-refractivity contribution in [2.45, 2.75) is 26.0 Å². The number of nitrogens with one attached hydrogen (secondary N) is 2. The lowest BCUT2D eigenvalue weighted by Crippen LogP contribution is -2.52. The summed E-state index contributed by atoms with van der Waals surface area (Å²) in [6.45, 7) is 5.82. The van der Waals surface area contributed by atoms with Crippen LogP contribution in [0.25, 0.3) is 11.0 Å². The minimum absolute atomic E-state index is 0.489. The molecule has 4 rings (SSSR count). The summed E-state index contributed by atoms with van der Waals surface area (Å²) in [5, 5.41) is 4.73. The quantitative estimate of drug-likeness (QED) is 0.832. The Bertz CT molecular complexity index is 623. The average Bonchev–Trinajstić information content (AvgIpc) is 2.96. The van der Waals surface area contributed by atoms with E-state index in [0.717, 1.165) is 18.7 Å². The third-order valence-corrected chi connectivity index (χ3v) is 4.60. The normalized spacial score (nSPS) is 26.8. The Morgan fingerprint density at radius 1 is 1.45 bits per heavy atom. The fourth-order valence-corrected chi connectivity index (χ4v) is 3.45. The first-order chi connectivity index (χ1) is 9.84. The van der Waals surface area contributed by atoms with E-state index in [1.54, 1.807) is 0 Å². The van der Waals surface area contributed by atoms with E-state index in [9.17, 15) is 0 Å². The maximum atomic E-state index is 5.78. The molecule has 0 bridgehead atoms. The van der Waals surface area contributed by atoms with Crippen LogP contribution in [-0.2, 0) is 11.3 Å². The number of piperidine rings is 1. The summed E-state index contributed by atoms with van der Waals surface area (Å²) in [5.74, 6) is 0.674. The van der Waals surface area contributed by atoms with Gasteiger partial charge in [-0.2, -0.15) is 0 Å². The molecule has 4 heterocycles. The Morgan fingerprint density at radius 2 is 2.40 bits per heavy atom. The van der Waals surface area contributed by atoms with E-state index in [2.05, 4.69) is 33.2 Å². The molecule has 1 fully saturated rings. The smallest absolute Gasteiger partial charge is 0.139 e. The Morgan fingerprint density at radius 3 is 3.30 bits per heavy atom. The predicted molar refractivity (Wildman–Crippen MR) is 78.7 cm³/mol. The monoisotopic (exact) mass is 272 g/mol. The molecule has 5 nitrogen and oxygen atoms in total. The fraction of sp³-hybridized carbons (Fsp3) is 0.533. The molecule has 0 aliphatic carbocycles. The number of fused-ring (bicyclic) bond motifs is 3. The first kappa shape index (κ1) is 12.2. The molecule has 5 heteroatoms. The van der Waals surface area contributed by atoms with E-state index in [1.165, 1.54) is 23.1 Å². The lowest BCUT2D eigenvalue weighted by atomic mass is 9.92. The second-order valence-corrected chi connectivity index (χ2v) is 5.86. The summed E-state index contributed by atoms with van der Waals surface area (Å²) in [6.07, 6.45) is 5.13. The van der Waals surface area contributed by atoms with Crippen molar-refractivity contribution >= 4 is 16.7 Å². The maximum absolute atomic E-state index is 5.78. The molecule has 0 amide bonds. The third-order valence-electron chi connectivity index (χ3n) is 4.60. The van der Waals surface area contributed by atoms with Gasteiger partial charge in [0.25, 0.3) is 0 Å². The van der Waals surface area contributed by atoms with Gasteiger partial charge in [0.2, 0.25) is 0 Å². The number of H-pyrrole nitrogens is 1. The number of rotatable bonds is 1. The van der Waals surface area contributed by atoms with Crippen LogP contribution in [0.15, 0.2) is 18.5 Å². The number of pyridine rings is 1. The summed E-state index contributed by atoms with van der Waals surface area (Å²) in [7, 11) is 0. The molecule has 2 atom stereocenters. The molecular weight excluding hydrogens is 252 g/mol. The van der Waals surface area contributed by atoms with Crippen LogP contribution in [0, 0.1) is 5.92 Å². The van der Waals surface area contributed by atoms with Crippen LogP contribution in [0.5, 0.6) is 0 Å². The molecule has 2 aliphatic heterocycles. The summed E-state index contributed by atoms with van der Waals surface area (Å²) in [4.78, 5) is 10.1. The zero-order valence-corrected chi connectivity index (χ0v) is 11.7. The topological polar surface area (TPSA) is 53.2 Å². The first-order valence-corrected chi connectivity index (χ1v) is 7.34. The van der Waals surface area contributed by atoms with Crippen molar-refractivity contribution < 1.29 is 4.74 Å². The zero-order valence-electron chi connectivity index (χ0n) is 11.7. The minimum atomic E-state index is 0.489. The standard InChI is InChI=1S/C15H20N4O/c1-10-2-4-16-7-13(10)19-9-20-8-11-6-18-15-12(14(11)19)3-5-17-15/h3,5-6,10,13,16H,2,4,7-9H2,1H3,(H,17,18)/t10-,13?/m1/s1. The number of hydrogen-bond donors (Lipinski definition) is 2. The minimum Gasteiger partial charge on any atom is -0.356 e. The van der Waals surface area contributed by atoms with E-state index in [1.807, 2.05) is 12.4 Å². The Hall–Kier alpha value is -1.59. The molecule has 0 spiro atoms. The van der Waals surface area contributed by atoms with Crippen LogP contribution in [-0.4, -0.2) is 35.8 Å². The van der Waals surface area contributed by atoms with Gasteiger partial charge in [-0.1, -0.05) is 6.92 Å². The van der Waals surface area contributed by atoms with Crippen LogP contribution in [0.1, 0.15) is 18.9 Å². The molecule has 2 aliphatic rings. The van der Waals surface area contributed by atoms with E-state index in [0.29, 0.717) is 25.3 Å². The third kappa shape index (κ3) is 1.81. The van der Waals surface area contributed by atoms with Crippen LogP contribution < -0.4 is 10.2 Å². The highest BCUT2D eigenvalue weighted by atomic mass is 16.5. The summed E-state index contributed by atoms with van der Waals surface area (Å²) in [5.41, 5.74) is 3.47.